The second-order valence-corrected chi connectivity index (χ2v) is 4.40. The number of rotatable bonds is 3. The number of fused-ring (bicyclic) bond motifs is 1. The van der Waals surface area contributed by atoms with Gasteiger partial charge in [0.1, 0.15) is 17.9 Å². The molecular weight excluding hydrogens is 240 g/mol. The van der Waals surface area contributed by atoms with Crippen LogP contribution < -0.4 is 5.32 Å². The Morgan fingerprint density at radius 2 is 2.00 bits per heavy atom. The zero-order valence-electron chi connectivity index (χ0n) is 10.8. The molecule has 0 aliphatic rings. The van der Waals surface area contributed by atoms with Gasteiger partial charge in [-0.25, -0.2) is 9.97 Å². The first-order chi connectivity index (χ1) is 9.25. The minimum atomic E-state index is 0.641. The molecule has 19 heavy (non-hydrogen) atoms. The first-order valence-corrected chi connectivity index (χ1v) is 6.11. The van der Waals surface area contributed by atoms with E-state index in [2.05, 4.69) is 20.4 Å². The van der Waals surface area contributed by atoms with Gasteiger partial charge >= 0.3 is 0 Å². The molecule has 0 atom stereocenters. The van der Waals surface area contributed by atoms with Crippen LogP contribution in [0.4, 0.5) is 5.82 Å². The number of benzene rings is 1. The van der Waals surface area contributed by atoms with Gasteiger partial charge in [0, 0.05) is 17.5 Å². The van der Waals surface area contributed by atoms with Gasteiger partial charge in [-0.15, -0.1) is 0 Å². The third-order valence-corrected chi connectivity index (χ3v) is 3.16. The fourth-order valence-electron chi connectivity index (χ4n) is 2.07. The third kappa shape index (κ3) is 2.14. The molecule has 0 unspecified atom stereocenters. The Labute approximate surface area is 110 Å². The molecule has 0 fully saturated rings. The Kier molecular flexibility index (Phi) is 2.87. The zero-order valence-corrected chi connectivity index (χ0v) is 10.8. The van der Waals surface area contributed by atoms with E-state index in [0.29, 0.717) is 6.54 Å². The first kappa shape index (κ1) is 11.6. The van der Waals surface area contributed by atoms with Crippen molar-refractivity contribution in [1.82, 2.24) is 15.1 Å². The standard InChI is InChI=1S/C14H14N4O/c1-9-12(10(2)19-18-9)7-15-14-11-5-3-4-6-13(11)16-8-17-14/h3-6,8H,7H2,1-2H3,(H,15,16,17). The summed E-state index contributed by atoms with van der Waals surface area (Å²) in [6.45, 7) is 4.49. The lowest BCUT2D eigenvalue weighted by molar-refractivity contribution is 0.392. The zero-order chi connectivity index (χ0) is 13.2. The molecule has 0 bridgehead atoms. The van der Waals surface area contributed by atoms with Crippen LogP contribution in [-0.2, 0) is 6.54 Å². The highest BCUT2D eigenvalue weighted by atomic mass is 16.5. The van der Waals surface area contributed by atoms with Crippen molar-refractivity contribution in [2.24, 2.45) is 0 Å². The number of nitrogens with zero attached hydrogens (tertiary/aromatic N) is 3. The number of anilines is 1. The maximum absolute atomic E-state index is 5.15. The van der Waals surface area contributed by atoms with Gasteiger partial charge in [-0.2, -0.15) is 0 Å². The van der Waals surface area contributed by atoms with Crippen LogP contribution in [0, 0.1) is 13.8 Å². The van der Waals surface area contributed by atoms with Crippen molar-refractivity contribution in [3.63, 3.8) is 0 Å². The second-order valence-electron chi connectivity index (χ2n) is 4.40. The van der Waals surface area contributed by atoms with Crippen LogP contribution in [0.15, 0.2) is 35.1 Å². The van der Waals surface area contributed by atoms with Crippen LogP contribution in [0.25, 0.3) is 10.9 Å². The maximum Gasteiger partial charge on any atom is 0.138 e. The summed E-state index contributed by atoms with van der Waals surface area (Å²) in [4.78, 5) is 8.53. The lowest BCUT2D eigenvalue weighted by Gasteiger charge is -2.07. The molecule has 3 aromatic rings. The number of hydrogen-bond acceptors (Lipinski definition) is 5. The molecule has 0 saturated heterocycles. The molecule has 0 radical (unpaired) electrons. The molecule has 0 saturated carbocycles. The Morgan fingerprint density at radius 3 is 2.79 bits per heavy atom. The van der Waals surface area contributed by atoms with Crippen molar-refractivity contribution in [2.45, 2.75) is 20.4 Å². The van der Waals surface area contributed by atoms with Crippen molar-refractivity contribution in [2.75, 3.05) is 5.32 Å². The minimum absolute atomic E-state index is 0.641. The van der Waals surface area contributed by atoms with E-state index in [0.717, 1.165) is 33.7 Å². The molecule has 2 aromatic heterocycles. The Balaban J connectivity index is 1.90. The van der Waals surface area contributed by atoms with Crippen molar-refractivity contribution < 1.29 is 4.52 Å². The van der Waals surface area contributed by atoms with Gasteiger partial charge in [0.05, 0.1) is 11.2 Å². The monoisotopic (exact) mass is 254 g/mol. The lowest BCUT2D eigenvalue weighted by Crippen LogP contribution is -2.04. The Bertz CT molecular complexity index is 696. The third-order valence-electron chi connectivity index (χ3n) is 3.16. The Hall–Kier alpha value is -2.43. The summed E-state index contributed by atoms with van der Waals surface area (Å²) in [5.74, 6) is 1.66. The highest BCUT2D eigenvalue weighted by molar-refractivity contribution is 5.88. The molecule has 0 amide bonds. The van der Waals surface area contributed by atoms with Crippen molar-refractivity contribution in [3.8, 4) is 0 Å². The minimum Gasteiger partial charge on any atom is -0.365 e. The number of aromatic nitrogens is 3. The summed E-state index contributed by atoms with van der Waals surface area (Å²) >= 11 is 0. The van der Waals surface area contributed by atoms with E-state index >= 15 is 0 Å². The van der Waals surface area contributed by atoms with Gasteiger partial charge in [0.2, 0.25) is 0 Å². The van der Waals surface area contributed by atoms with E-state index < -0.39 is 0 Å². The quantitative estimate of drug-likeness (QED) is 0.778. The number of aryl methyl sites for hydroxylation is 2. The van der Waals surface area contributed by atoms with Gasteiger partial charge in [0.15, 0.2) is 0 Å². The van der Waals surface area contributed by atoms with Crippen molar-refractivity contribution in [3.05, 3.63) is 47.6 Å². The van der Waals surface area contributed by atoms with Crippen LogP contribution in [0.3, 0.4) is 0 Å². The van der Waals surface area contributed by atoms with Crippen molar-refractivity contribution >= 4 is 16.7 Å². The Morgan fingerprint density at radius 1 is 1.16 bits per heavy atom. The summed E-state index contributed by atoms with van der Waals surface area (Å²) in [7, 11) is 0. The maximum atomic E-state index is 5.15. The molecular formula is C14H14N4O. The molecule has 5 heteroatoms. The van der Waals surface area contributed by atoms with E-state index in [-0.39, 0.29) is 0 Å². The smallest absolute Gasteiger partial charge is 0.138 e. The average Bonchev–Trinajstić information content (AvgIpc) is 2.76. The van der Waals surface area contributed by atoms with Crippen LogP contribution in [0.2, 0.25) is 0 Å². The van der Waals surface area contributed by atoms with E-state index in [1.54, 1.807) is 6.33 Å². The molecule has 0 aliphatic heterocycles. The molecule has 5 nitrogen and oxygen atoms in total. The molecule has 0 spiro atoms. The largest absolute Gasteiger partial charge is 0.365 e. The van der Waals surface area contributed by atoms with E-state index in [4.69, 9.17) is 4.52 Å². The number of nitrogens with one attached hydrogen (secondary N) is 1. The van der Waals surface area contributed by atoms with Gasteiger partial charge in [-0.1, -0.05) is 17.3 Å². The molecule has 1 aromatic carbocycles. The topological polar surface area (TPSA) is 63.8 Å². The van der Waals surface area contributed by atoms with Gasteiger partial charge < -0.3 is 9.84 Å². The van der Waals surface area contributed by atoms with Gasteiger partial charge in [0.25, 0.3) is 0 Å². The summed E-state index contributed by atoms with van der Waals surface area (Å²) in [5.41, 5.74) is 2.91. The fraction of sp³-hybridized carbons (Fsp3) is 0.214. The van der Waals surface area contributed by atoms with Crippen molar-refractivity contribution in [1.29, 1.82) is 0 Å². The summed E-state index contributed by atoms with van der Waals surface area (Å²) in [5, 5.41) is 8.27. The summed E-state index contributed by atoms with van der Waals surface area (Å²) in [6, 6.07) is 7.92. The van der Waals surface area contributed by atoms with Crippen LogP contribution in [0.5, 0.6) is 0 Å². The van der Waals surface area contributed by atoms with Crippen LogP contribution >= 0.6 is 0 Å². The number of hydrogen-bond donors (Lipinski definition) is 1. The van der Waals surface area contributed by atoms with Crippen LogP contribution in [0.1, 0.15) is 17.0 Å². The van der Waals surface area contributed by atoms with Gasteiger partial charge in [-0.05, 0) is 26.0 Å². The highest BCUT2D eigenvalue weighted by Gasteiger charge is 2.09. The molecule has 0 aliphatic carbocycles. The fourth-order valence-corrected chi connectivity index (χ4v) is 2.07. The number of para-hydroxylation sites is 1. The molecule has 3 rings (SSSR count). The SMILES string of the molecule is Cc1noc(C)c1CNc1ncnc2ccccc12. The average molecular weight is 254 g/mol. The molecule has 96 valence electrons. The van der Waals surface area contributed by atoms with Crippen LogP contribution in [-0.4, -0.2) is 15.1 Å². The summed E-state index contributed by atoms with van der Waals surface area (Å²) in [6.07, 6.45) is 1.57. The highest BCUT2D eigenvalue weighted by Crippen LogP contribution is 2.20. The predicted octanol–water partition coefficient (Wildman–Crippen LogP) is 2.85. The predicted molar refractivity (Wildman–Crippen MR) is 72.8 cm³/mol. The van der Waals surface area contributed by atoms with E-state index in [9.17, 15) is 0 Å². The lowest BCUT2D eigenvalue weighted by atomic mass is 10.2. The summed E-state index contributed by atoms with van der Waals surface area (Å²) < 4.78 is 5.15. The van der Waals surface area contributed by atoms with E-state index in [1.165, 1.54) is 0 Å². The van der Waals surface area contributed by atoms with Gasteiger partial charge in [-0.3, -0.25) is 0 Å². The second kappa shape index (κ2) is 4.68. The first-order valence-electron chi connectivity index (χ1n) is 6.11. The molecule has 1 N–H and O–H groups in total. The normalized spacial score (nSPS) is 10.8. The van der Waals surface area contributed by atoms with E-state index in [1.807, 2.05) is 38.1 Å². The molecule has 2 heterocycles.